The molecule has 0 radical (unpaired) electrons. The molecular weight excluding hydrogens is 380 g/mol. The van der Waals surface area contributed by atoms with Crippen molar-refractivity contribution in [2.24, 2.45) is 0 Å². The van der Waals surface area contributed by atoms with Crippen LogP contribution in [0.1, 0.15) is 26.3 Å². The minimum absolute atomic E-state index is 0.0439. The predicted molar refractivity (Wildman–Crippen MR) is 107 cm³/mol. The highest BCUT2D eigenvalue weighted by Gasteiger charge is 2.45. The van der Waals surface area contributed by atoms with Crippen LogP contribution in [-0.4, -0.2) is 29.4 Å². The van der Waals surface area contributed by atoms with Gasteiger partial charge in [-0.3, -0.25) is 19.3 Å². The number of benzene rings is 2. The second-order valence-electron chi connectivity index (χ2n) is 7.10. The van der Waals surface area contributed by atoms with Crippen molar-refractivity contribution in [1.29, 1.82) is 0 Å². The number of nitrogens with one attached hydrogen (secondary N) is 1. The fraction of sp³-hybridized carbons (Fsp3) is 0.286. The van der Waals surface area contributed by atoms with Crippen LogP contribution in [0.15, 0.2) is 48.5 Å². The lowest BCUT2D eigenvalue weighted by atomic mass is 9.95. The Balaban J connectivity index is 1.79. The third-order valence-electron chi connectivity index (χ3n) is 4.68. The minimum Gasteiger partial charge on any atom is -0.452 e. The predicted octanol–water partition coefficient (Wildman–Crippen LogP) is 3.58. The SMILES string of the molecule is C[C@@H](OC(=O)Cc1ccccc1Cl)C(=O)N1c2ccccc2NC(=O)C1(C)C. The Morgan fingerprint density at radius 2 is 1.79 bits per heavy atom. The molecule has 28 heavy (non-hydrogen) atoms. The maximum absolute atomic E-state index is 13.1. The fourth-order valence-electron chi connectivity index (χ4n) is 3.11. The van der Waals surface area contributed by atoms with Crippen molar-refractivity contribution in [3.63, 3.8) is 0 Å². The number of nitrogens with zero attached hydrogens (tertiary/aromatic N) is 1. The maximum Gasteiger partial charge on any atom is 0.311 e. The van der Waals surface area contributed by atoms with E-state index in [0.29, 0.717) is 22.0 Å². The molecule has 2 amide bonds. The van der Waals surface area contributed by atoms with Gasteiger partial charge in [-0.05, 0) is 44.5 Å². The molecule has 1 N–H and O–H groups in total. The van der Waals surface area contributed by atoms with Crippen LogP contribution >= 0.6 is 11.6 Å². The van der Waals surface area contributed by atoms with Gasteiger partial charge in [-0.2, -0.15) is 0 Å². The van der Waals surface area contributed by atoms with Crippen LogP contribution in [-0.2, 0) is 25.5 Å². The summed E-state index contributed by atoms with van der Waals surface area (Å²) in [5, 5.41) is 3.26. The number of ether oxygens (including phenoxy) is 1. The first-order valence-electron chi connectivity index (χ1n) is 8.89. The standard InChI is InChI=1S/C21H21ClN2O4/c1-13(28-18(25)12-14-8-4-5-9-15(14)22)19(26)24-17-11-7-6-10-16(17)23-20(27)21(24,2)3/h4-11,13H,12H2,1-3H3,(H,23,27)/t13-/m1/s1. The van der Waals surface area contributed by atoms with Crippen molar-refractivity contribution in [1.82, 2.24) is 0 Å². The lowest BCUT2D eigenvalue weighted by molar-refractivity contribution is -0.153. The number of hydrogen-bond donors (Lipinski definition) is 1. The van der Waals surface area contributed by atoms with Crippen molar-refractivity contribution >= 4 is 40.8 Å². The van der Waals surface area contributed by atoms with E-state index in [1.165, 1.54) is 11.8 Å². The average Bonchev–Trinajstić information content (AvgIpc) is 2.64. The summed E-state index contributed by atoms with van der Waals surface area (Å²) in [7, 11) is 0. The molecule has 0 spiro atoms. The molecule has 3 rings (SSSR count). The molecule has 0 aromatic heterocycles. The summed E-state index contributed by atoms with van der Waals surface area (Å²) in [6, 6.07) is 14.0. The zero-order chi connectivity index (χ0) is 20.5. The minimum atomic E-state index is -1.13. The van der Waals surface area contributed by atoms with Crippen LogP contribution in [0.5, 0.6) is 0 Å². The molecule has 0 bridgehead atoms. The van der Waals surface area contributed by atoms with Gasteiger partial charge in [0.2, 0.25) is 5.91 Å². The largest absolute Gasteiger partial charge is 0.452 e. The summed E-state index contributed by atoms with van der Waals surface area (Å²) in [4.78, 5) is 39.3. The van der Waals surface area contributed by atoms with Gasteiger partial charge in [0, 0.05) is 5.02 Å². The number of hydrogen-bond acceptors (Lipinski definition) is 4. The van der Waals surface area contributed by atoms with Gasteiger partial charge in [0.15, 0.2) is 6.10 Å². The highest BCUT2D eigenvalue weighted by atomic mass is 35.5. The zero-order valence-corrected chi connectivity index (χ0v) is 16.6. The van der Waals surface area contributed by atoms with Crippen LogP contribution in [0.4, 0.5) is 11.4 Å². The van der Waals surface area contributed by atoms with Crippen LogP contribution in [0.3, 0.4) is 0 Å². The Bertz CT molecular complexity index is 942. The Labute approximate surface area is 168 Å². The molecule has 2 aromatic carbocycles. The van der Waals surface area contributed by atoms with Crippen molar-refractivity contribution in [2.45, 2.75) is 38.8 Å². The monoisotopic (exact) mass is 400 g/mol. The Morgan fingerprint density at radius 3 is 2.50 bits per heavy atom. The first kappa shape index (κ1) is 19.9. The highest BCUT2D eigenvalue weighted by molar-refractivity contribution is 6.31. The molecule has 1 atom stereocenters. The normalized spacial score (nSPS) is 16.0. The summed E-state index contributed by atoms with van der Waals surface area (Å²) < 4.78 is 5.35. The van der Waals surface area contributed by atoms with Gasteiger partial charge >= 0.3 is 5.97 Å². The van der Waals surface area contributed by atoms with Gasteiger partial charge in [-0.25, -0.2) is 0 Å². The van der Waals surface area contributed by atoms with Gasteiger partial charge in [0.25, 0.3) is 5.91 Å². The molecule has 1 heterocycles. The third kappa shape index (κ3) is 3.73. The molecule has 6 nitrogen and oxygen atoms in total. The first-order chi connectivity index (χ1) is 13.2. The van der Waals surface area contributed by atoms with Crippen LogP contribution in [0, 0.1) is 0 Å². The highest BCUT2D eigenvalue weighted by Crippen LogP contribution is 2.37. The van der Waals surface area contributed by atoms with Crippen molar-refractivity contribution in [2.75, 3.05) is 10.2 Å². The number of halogens is 1. The first-order valence-corrected chi connectivity index (χ1v) is 9.27. The van der Waals surface area contributed by atoms with Crippen molar-refractivity contribution < 1.29 is 19.1 Å². The van der Waals surface area contributed by atoms with Crippen LogP contribution in [0.25, 0.3) is 0 Å². The van der Waals surface area contributed by atoms with Gasteiger partial charge in [0.05, 0.1) is 17.8 Å². The van der Waals surface area contributed by atoms with Crippen molar-refractivity contribution in [3.05, 3.63) is 59.1 Å². The van der Waals surface area contributed by atoms with Gasteiger partial charge in [0.1, 0.15) is 5.54 Å². The summed E-state index contributed by atoms with van der Waals surface area (Å²) in [5.41, 5.74) is 0.590. The maximum atomic E-state index is 13.1. The summed E-state index contributed by atoms with van der Waals surface area (Å²) >= 11 is 6.07. The summed E-state index contributed by atoms with van der Waals surface area (Å²) in [5.74, 6) is -1.35. The molecule has 7 heteroatoms. The number of anilines is 2. The lowest BCUT2D eigenvalue weighted by Gasteiger charge is -2.42. The van der Waals surface area contributed by atoms with Gasteiger partial charge in [-0.1, -0.05) is 41.9 Å². The van der Waals surface area contributed by atoms with E-state index < -0.39 is 23.5 Å². The topological polar surface area (TPSA) is 75.7 Å². The van der Waals surface area contributed by atoms with E-state index >= 15 is 0 Å². The second kappa shape index (κ2) is 7.64. The van der Waals surface area contributed by atoms with Crippen LogP contribution in [0.2, 0.25) is 5.02 Å². The molecule has 2 aromatic rings. The Morgan fingerprint density at radius 1 is 1.14 bits per heavy atom. The average molecular weight is 401 g/mol. The molecule has 0 unspecified atom stereocenters. The number of esters is 1. The zero-order valence-electron chi connectivity index (χ0n) is 15.9. The van der Waals surface area contributed by atoms with E-state index in [4.69, 9.17) is 16.3 Å². The fourth-order valence-corrected chi connectivity index (χ4v) is 3.32. The number of rotatable bonds is 4. The molecule has 146 valence electrons. The molecule has 0 fully saturated rings. The number of amides is 2. The Kier molecular flexibility index (Phi) is 5.42. The molecule has 0 aliphatic carbocycles. The van der Waals surface area contributed by atoms with Crippen LogP contribution < -0.4 is 10.2 Å². The molecule has 1 aliphatic rings. The Hall–Kier alpha value is -2.86. The van der Waals surface area contributed by atoms with E-state index in [2.05, 4.69) is 5.32 Å². The number of carbonyl (C=O) groups is 3. The number of carbonyl (C=O) groups excluding carboxylic acids is 3. The molecular formula is C21H21ClN2O4. The molecule has 0 saturated carbocycles. The van der Waals surface area contributed by atoms with E-state index in [1.54, 1.807) is 62.4 Å². The third-order valence-corrected chi connectivity index (χ3v) is 5.05. The molecule has 0 saturated heterocycles. The number of para-hydroxylation sites is 2. The summed E-state index contributed by atoms with van der Waals surface area (Å²) in [6.07, 6.45) is -1.11. The van der Waals surface area contributed by atoms with Gasteiger partial charge in [-0.15, -0.1) is 0 Å². The number of fused-ring (bicyclic) bond motifs is 1. The van der Waals surface area contributed by atoms with Crippen molar-refractivity contribution in [3.8, 4) is 0 Å². The lowest BCUT2D eigenvalue weighted by Crippen LogP contribution is -2.60. The van der Waals surface area contributed by atoms with E-state index in [-0.39, 0.29) is 12.3 Å². The molecule has 1 aliphatic heterocycles. The van der Waals surface area contributed by atoms with E-state index in [9.17, 15) is 14.4 Å². The van der Waals surface area contributed by atoms with E-state index in [0.717, 1.165) is 0 Å². The van der Waals surface area contributed by atoms with E-state index in [1.807, 2.05) is 0 Å². The smallest absolute Gasteiger partial charge is 0.311 e. The second-order valence-corrected chi connectivity index (χ2v) is 7.51. The summed E-state index contributed by atoms with van der Waals surface area (Å²) in [6.45, 7) is 4.79. The quantitative estimate of drug-likeness (QED) is 0.796. The van der Waals surface area contributed by atoms with Gasteiger partial charge < -0.3 is 10.1 Å².